The van der Waals surface area contributed by atoms with Crippen molar-refractivity contribution in [1.29, 1.82) is 0 Å². The third-order valence-electron chi connectivity index (χ3n) is 4.68. The van der Waals surface area contributed by atoms with Gasteiger partial charge in [0.15, 0.2) is 11.8 Å². The number of nitrogens with zero attached hydrogens (tertiary/aromatic N) is 1. The molecule has 1 unspecified atom stereocenters. The lowest BCUT2D eigenvalue weighted by atomic mass is 10.0. The van der Waals surface area contributed by atoms with Crippen LogP contribution in [0.5, 0.6) is 0 Å². The van der Waals surface area contributed by atoms with E-state index in [0.717, 1.165) is 22.4 Å². The molecule has 29 heavy (non-hydrogen) atoms. The summed E-state index contributed by atoms with van der Waals surface area (Å²) in [5.74, 6) is -1.88. The molecular weight excluding hydrogens is 372 g/mol. The maximum atomic E-state index is 12.7. The Bertz CT molecular complexity index is 831. The van der Waals surface area contributed by atoms with Gasteiger partial charge in [0.1, 0.15) is 6.61 Å². The van der Waals surface area contributed by atoms with Crippen LogP contribution in [0.4, 0.5) is 0 Å². The number of nitrogens with one attached hydrogen (secondary N) is 1. The highest BCUT2D eigenvalue weighted by atomic mass is 16.5. The van der Waals surface area contributed by atoms with Gasteiger partial charge in [-0.2, -0.15) is 0 Å². The minimum Gasteiger partial charge on any atom is -0.388 e. The zero-order chi connectivity index (χ0) is 21.4. The minimum absolute atomic E-state index is 0.340. The fourth-order valence-electron chi connectivity index (χ4n) is 2.97. The number of ketones is 1. The van der Waals surface area contributed by atoms with Crippen LogP contribution in [-0.2, 0) is 20.7 Å². The van der Waals surface area contributed by atoms with Crippen molar-refractivity contribution in [2.24, 2.45) is 0 Å². The van der Waals surface area contributed by atoms with E-state index in [9.17, 15) is 14.4 Å². The van der Waals surface area contributed by atoms with Crippen molar-refractivity contribution in [3.63, 3.8) is 0 Å². The van der Waals surface area contributed by atoms with Crippen LogP contribution in [0.2, 0.25) is 0 Å². The summed E-state index contributed by atoms with van der Waals surface area (Å²) in [4.78, 5) is 37.6. The summed E-state index contributed by atoms with van der Waals surface area (Å²) in [6.45, 7) is -0.158. The molecule has 0 heterocycles. The smallest absolute Gasteiger partial charge is 0.254 e. The second-order valence-corrected chi connectivity index (χ2v) is 6.57. The molecule has 2 N–H and O–H groups in total. The number of amides is 2. The van der Waals surface area contributed by atoms with Crippen molar-refractivity contribution < 1.29 is 24.2 Å². The average molecular weight is 398 g/mol. The van der Waals surface area contributed by atoms with Crippen molar-refractivity contribution in [2.75, 3.05) is 34.4 Å². The molecule has 2 amide bonds. The third-order valence-corrected chi connectivity index (χ3v) is 4.68. The Morgan fingerprint density at radius 3 is 2.07 bits per heavy atom. The number of benzene rings is 2. The van der Waals surface area contributed by atoms with Crippen molar-refractivity contribution >= 4 is 17.6 Å². The summed E-state index contributed by atoms with van der Waals surface area (Å²) in [7, 11) is 4.40. The first kappa shape index (κ1) is 22.3. The second-order valence-electron chi connectivity index (χ2n) is 6.57. The molecule has 0 fully saturated rings. The summed E-state index contributed by atoms with van der Waals surface area (Å²) >= 11 is 0. The molecule has 0 aromatic heterocycles. The highest BCUT2D eigenvalue weighted by Gasteiger charge is 2.32. The monoisotopic (exact) mass is 398 g/mol. The predicted octanol–water partition coefficient (Wildman–Crippen LogP) is 1.29. The van der Waals surface area contributed by atoms with Gasteiger partial charge < -0.3 is 20.1 Å². The molecule has 1 atom stereocenters. The van der Waals surface area contributed by atoms with Gasteiger partial charge in [0.2, 0.25) is 5.91 Å². The lowest BCUT2D eigenvalue weighted by Crippen LogP contribution is -2.52. The normalized spacial score (nSPS) is 11.6. The minimum atomic E-state index is -1.38. The number of Topliss-reactive ketones (excluding diaryl/α,β-unsaturated/α-hetero) is 1. The Morgan fingerprint density at radius 1 is 1.03 bits per heavy atom. The van der Waals surface area contributed by atoms with E-state index >= 15 is 0 Å². The number of carbonyl (C=O) groups excluding carboxylic acids is 3. The van der Waals surface area contributed by atoms with Crippen LogP contribution in [0.3, 0.4) is 0 Å². The Hall–Kier alpha value is -3.03. The van der Waals surface area contributed by atoms with Crippen LogP contribution in [0, 0.1) is 0 Å². The molecule has 154 valence electrons. The zero-order valence-corrected chi connectivity index (χ0v) is 16.8. The van der Waals surface area contributed by atoms with E-state index in [2.05, 4.69) is 5.32 Å². The van der Waals surface area contributed by atoms with Crippen LogP contribution in [-0.4, -0.2) is 68.1 Å². The Balaban J connectivity index is 2.17. The van der Waals surface area contributed by atoms with Crippen LogP contribution >= 0.6 is 0 Å². The molecule has 2 aromatic rings. The molecule has 0 saturated carbocycles. The van der Waals surface area contributed by atoms with E-state index in [1.807, 2.05) is 36.4 Å². The number of hydrogen-bond donors (Lipinski definition) is 2. The number of likely N-dealkylation sites (N-methyl/N-ethyl adjacent to an activating group) is 2. The van der Waals surface area contributed by atoms with Gasteiger partial charge in [-0.25, -0.2) is 0 Å². The highest BCUT2D eigenvalue weighted by Crippen LogP contribution is 2.21. The van der Waals surface area contributed by atoms with E-state index in [1.165, 1.54) is 19.7 Å². The number of ether oxygens (including phenoxy) is 1. The second kappa shape index (κ2) is 10.5. The van der Waals surface area contributed by atoms with Crippen LogP contribution in [0.25, 0.3) is 11.1 Å². The number of aliphatic hydroxyl groups is 1. The molecule has 7 nitrogen and oxygen atoms in total. The molecule has 0 aliphatic carbocycles. The number of methoxy groups -OCH3 is 1. The zero-order valence-electron chi connectivity index (χ0n) is 16.8. The third kappa shape index (κ3) is 5.49. The summed E-state index contributed by atoms with van der Waals surface area (Å²) in [5.41, 5.74) is 3.47. The standard InChI is InChI=1S/C22H26N2O5/c1-23-21(27)20(19(26)14-25)24(2)22(28)18-10-8-17(9-11-18)16-6-4-15(5-7-16)12-13-29-3/h4-11,20,25H,12-14H2,1-3H3,(H,23,27). The number of hydrogen-bond acceptors (Lipinski definition) is 5. The maximum Gasteiger partial charge on any atom is 0.254 e. The number of carbonyl (C=O) groups is 3. The van der Waals surface area contributed by atoms with Crippen LogP contribution in [0.15, 0.2) is 48.5 Å². The van der Waals surface area contributed by atoms with E-state index in [4.69, 9.17) is 9.84 Å². The predicted molar refractivity (Wildman–Crippen MR) is 109 cm³/mol. The molecule has 0 aliphatic rings. The van der Waals surface area contributed by atoms with Gasteiger partial charge in [0.25, 0.3) is 5.91 Å². The lowest BCUT2D eigenvalue weighted by Gasteiger charge is -2.25. The van der Waals surface area contributed by atoms with Gasteiger partial charge >= 0.3 is 0 Å². The Kier molecular flexibility index (Phi) is 8.06. The molecule has 0 bridgehead atoms. The first-order valence-corrected chi connectivity index (χ1v) is 9.23. The highest BCUT2D eigenvalue weighted by molar-refractivity contribution is 6.10. The van der Waals surface area contributed by atoms with Gasteiger partial charge in [-0.15, -0.1) is 0 Å². The van der Waals surface area contributed by atoms with Gasteiger partial charge in [-0.05, 0) is 35.2 Å². The van der Waals surface area contributed by atoms with Crippen molar-refractivity contribution in [1.82, 2.24) is 10.2 Å². The van der Waals surface area contributed by atoms with Gasteiger partial charge in [-0.1, -0.05) is 36.4 Å². The van der Waals surface area contributed by atoms with E-state index in [0.29, 0.717) is 12.2 Å². The molecular formula is C22H26N2O5. The first-order chi connectivity index (χ1) is 13.9. The topological polar surface area (TPSA) is 95.9 Å². The van der Waals surface area contributed by atoms with Crippen molar-refractivity contribution in [3.05, 3.63) is 59.7 Å². The molecule has 2 rings (SSSR count). The average Bonchev–Trinajstić information content (AvgIpc) is 2.77. The van der Waals surface area contributed by atoms with Crippen molar-refractivity contribution in [2.45, 2.75) is 12.5 Å². The molecule has 2 aromatic carbocycles. The number of rotatable bonds is 9. The Morgan fingerprint density at radius 2 is 1.59 bits per heavy atom. The van der Waals surface area contributed by atoms with E-state index in [-0.39, 0.29) is 0 Å². The van der Waals surface area contributed by atoms with Gasteiger partial charge in [-0.3, -0.25) is 14.4 Å². The van der Waals surface area contributed by atoms with E-state index in [1.54, 1.807) is 19.2 Å². The number of aliphatic hydroxyl groups excluding tert-OH is 1. The molecule has 0 aliphatic heterocycles. The summed E-state index contributed by atoms with van der Waals surface area (Å²) in [5, 5.41) is 11.4. The summed E-state index contributed by atoms with van der Waals surface area (Å²) < 4.78 is 5.08. The van der Waals surface area contributed by atoms with Crippen LogP contribution in [0.1, 0.15) is 15.9 Å². The van der Waals surface area contributed by atoms with Gasteiger partial charge in [0.05, 0.1) is 6.61 Å². The molecule has 7 heteroatoms. The fourth-order valence-corrected chi connectivity index (χ4v) is 2.97. The van der Waals surface area contributed by atoms with Crippen LogP contribution < -0.4 is 5.32 Å². The van der Waals surface area contributed by atoms with Gasteiger partial charge in [0, 0.05) is 26.8 Å². The van der Waals surface area contributed by atoms with Crippen molar-refractivity contribution in [3.8, 4) is 11.1 Å². The molecule has 0 spiro atoms. The largest absolute Gasteiger partial charge is 0.388 e. The molecule has 0 radical (unpaired) electrons. The SMILES string of the molecule is CNC(=O)C(C(=O)CO)N(C)C(=O)c1ccc(-c2ccc(CCOC)cc2)cc1. The maximum absolute atomic E-state index is 12.7. The summed E-state index contributed by atoms with van der Waals surface area (Å²) in [6.07, 6.45) is 0.843. The fraction of sp³-hybridized carbons (Fsp3) is 0.318. The quantitative estimate of drug-likeness (QED) is 0.621. The Labute approximate surface area is 170 Å². The van der Waals surface area contributed by atoms with E-state index < -0.39 is 30.2 Å². The summed E-state index contributed by atoms with van der Waals surface area (Å²) in [6, 6.07) is 13.6. The molecule has 0 saturated heterocycles. The first-order valence-electron chi connectivity index (χ1n) is 9.23. The lowest BCUT2D eigenvalue weighted by molar-refractivity contribution is -0.135.